The average Bonchev–Trinajstić information content (AvgIpc) is 3.12. The van der Waals surface area contributed by atoms with E-state index in [1.54, 1.807) is 0 Å². The van der Waals surface area contributed by atoms with Crippen molar-refractivity contribution in [3.8, 4) is 0 Å². The second kappa shape index (κ2) is 8.80. The van der Waals surface area contributed by atoms with Gasteiger partial charge in [-0.25, -0.2) is 0 Å². The van der Waals surface area contributed by atoms with Gasteiger partial charge >= 0.3 is 0 Å². The van der Waals surface area contributed by atoms with Crippen LogP contribution in [0.15, 0.2) is 60.7 Å². The first-order valence-electron chi connectivity index (χ1n) is 10.9. The molecule has 4 N–H and O–H groups in total. The predicted molar refractivity (Wildman–Crippen MR) is 127 cm³/mol. The maximum atomic E-state index is 13.2. The number of hydrogen-bond acceptors (Lipinski definition) is 2. The van der Waals surface area contributed by atoms with Crippen LogP contribution < -0.4 is 11.1 Å². The van der Waals surface area contributed by atoms with Gasteiger partial charge in [-0.1, -0.05) is 62.4 Å². The van der Waals surface area contributed by atoms with Crippen LogP contribution in [0.3, 0.4) is 0 Å². The minimum Gasteiger partial charge on any atom is -0.384 e. The van der Waals surface area contributed by atoms with Crippen molar-refractivity contribution < 1.29 is 4.79 Å². The molecule has 0 saturated carbocycles. The molecule has 1 aromatic heterocycles. The number of nitrogen functional groups attached to an aromatic ring is 1. The van der Waals surface area contributed by atoms with Crippen molar-refractivity contribution in [2.45, 2.75) is 51.6 Å². The molecule has 0 unspecified atom stereocenters. The van der Waals surface area contributed by atoms with E-state index in [-0.39, 0.29) is 17.8 Å². The summed E-state index contributed by atoms with van der Waals surface area (Å²) in [5.41, 5.74) is 10.4. The zero-order valence-electron chi connectivity index (χ0n) is 18.2. The van der Waals surface area contributed by atoms with Gasteiger partial charge in [0.1, 0.15) is 11.5 Å². The van der Waals surface area contributed by atoms with Crippen LogP contribution in [0.25, 0.3) is 10.9 Å². The summed E-state index contributed by atoms with van der Waals surface area (Å²) in [6, 6.07) is 16.3. The van der Waals surface area contributed by atoms with Crippen molar-refractivity contribution in [2.75, 3.05) is 0 Å². The highest BCUT2D eigenvalue weighted by Gasteiger charge is 2.20. The van der Waals surface area contributed by atoms with E-state index in [9.17, 15) is 4.79 Å². The van der Waals surface area contributed by atoms with Gasteiger partial charge in [-0.15, -0.1) is 0 Å². The van der Waals surface area contributed by atoms with Gasteiger partial charge in [-0.3, -0.25) is 10.2 Å². The van der Waals surface area contributed by atoms with Gasteiger partial charge < -0.3 is 15.6 Å². The Bertz CT molecular complexity index is 1140. The first-order valence-corrected chi connectivity index (χ1v) is 10.9. The van der Waals surface area contributed by atoms with E-state index in [0.29, 0.717) is 23.7 Å². The van der Waals surface area contributed by atoms with Gasteiger partial charge in [0.05, 0.1) is 0 Å². The Morgan fingerprint density at radius 2 is 1.94 bits per heavy atom. The lowest BCUT2D eigenvalue weighted by molar-refractivity contribution is 0.0926. The number of nitrogens with one attached hydrogen (secondary N) is 2. The number of rotatable bonds is 6. The first-order chi connectivity index (χ1) is 14.9. The number of carbonyl (C=O) groups is 1. The third-order valence-corrected chi connectivity index (χ3v) is 6.04. The molecule has 3 aromatic rings. The molecule has 0 bridgehead atoms. The Kier molecular flexibility index (Phi) is 5.94. The third kappa shape index (κ3) is 4.55. The zero-order valence-corrected chi connectivity index (χ0v) is 18.2. The smallest absolute Gasteiger partial charge is 0.268 e. The number of aromatic nitrogens is 1. The number of benzene rings is 2. The van der Waals surface area contributed by atoms with Gasteiger partial charge in [0.2, 0.25) is 0 Å². The van der Waals surface area contributed by atoms with E-state index in [2.05, 4.69) is 55.6 Å². The van der Waals surface area contributed by atoms with Crippen LogP contribution >= 0.6 is 0 Å². The summed E-state index contributed by atoms with van der Waals surface area (Å²) in [5.74, 6) is 0.445. The standard InChI is InChI=1S/C26H30N4O/c1-17(2)19-10-8-18(9-11-19)16-30-23-15-21(25(27)28)13-12-20(23)14-24(30)26(31)29-22-6-4-3-5-7-22/h3-4,8-15,17,22H,5-7,16H2,1-2H3,(H3,27,28)(H,29,31)/t22-/m0/s1. The highest BCUT2D eigenvalue weighted by molar-refractivity contribution is 6.02. The number of nitrogens with zero attached hydrogens (tertiary/aromatic N) is 1. The van der Waals surface area contributed by atoms with Crippen molar-refractivity contribution in [1.29, 1.82) is 5.41 Å². The Labute approximate surface area is 183 Å². The summed E-state index contributed by atoms with van der Waals surface area (Å²) in [6.07, 6.45) is 7.14. The highest BCUT2D eigenvalue weighted by atomic mass is 16.2. The normalized spacial score (nSPS) is 16.0. The van der Waals surface area contributed by atoms with E-state index >= 15 is 0 Å². The summed E-state index contributed by atoms with van der Waals surface area (Å²) in [7, 11) is 0. The second-order valence-corrected chi connectivity index (χ2v) is 8.65. The van der Waals surface area contributed by atoms with Crippen LogP contribution in [0, 0.1) is 5.41 Å². The quantitative estimate of drug-likeness (QED) is 0.303. The number of amidine groups is 1. The van der Waals surface area contributed by atoms with Gasteiger partial charge in [0.25, 0.3) is 5.91 Å². The summed E-state index contributed by atoms with van der Waals surface area (Å²) in [5, 5.41) is 12.0. The number of hydrogen-bond donors (Lipinski definition) is 3. The molecule has 5 nitrogen and oxygen atoms in total. The van der Waals surface area contributed by atoms with Gasteiger partial charge in [-0.05, 0) is 48.4 Å². The molecule has 5 heteroatoms. The van der Waals surface area contributed by atoms with Crippen LogP contribution in [-0.2, 0) is 6.54 Å². The minimum atomic E-state index is -0.0559. The molecule has 2 aromatic carbocycles. The fourth-order valence-corrected chi connectivity index (χ4v) is 4.16. The van der Waals surface area contributed by atoms with E-state index in [1.165, 1.54) is 5.56 Å². The summed E-state index contributed by atoms with van der Waals surface area (Å²) in [6.45, 7) is 4.94. The molecule has 31 heavy (non-hydrogen) atoms. The SMILES string of the molecule is CC(C)c1ccc(Cn2c(C(=O)N[C@H]3CC=CCC3)cc3ccc(C(=N)N)cc32)cc1. The van der Waals surface area contributed by atoms with Crippen LogP contribution in [0.4, 0.5) is 0 Å². The Morgan fingerprint density at radius 3 is 2.58 bits per heavy atom. The molecule has 0 aliphatic heterocycles. The number of allylic oxidation sites excluding steroid dienone is 1. The van der Waals surface area contributed by atoms with E-state index in [4.69, 9.17) is 11.1 Å². The molecular formula is C26H30N4O. The first kappa shape index (κ1) is 20.9. The van der Waals surface area contributed by atoms with Crippen LogP contribution in [-0.4, -0.2) is 22.4 Å². The molecule has 0 fully saturated rings. The Morgan fingerprint density at radius 1 is 1.16 bits per heavy atom. The van der Waals surface area contributed by atoms with Gasteiger partial charge in [-0.2, -0.15) is 0 Å². The number of fused-ring (bicyclic) bond motifs is 1. The minimum absolute atomic E-state index is 0.0240. The number of amides is 1. The third-order valence-electron chi connectivity index (χ3n) is 6.04. The van der Waals surface area contributed by atoms with Crippen molar-refractivity contribution in [1.82, 2.24) is 9.88 Å². The molecule has 1 aliphatic carbocycles. The molecule has 0 radical (unpaired) electrons. The number of nitrogens with two attached hydrogens (primary N) is 1. The highest BCUT2D eigenvalue weighted by Crippen LogP contribution is 2.24. The lowest BCUT2D eigenvalue weighted by atomic mass is 10.0. The van der Waals surface area contributed by atoms with Gasteiger partial charge in [0, 0.05) is 29.1 Å². The van der Waals surface area contributed by atoms with Crippen molar-refractivity contribution in [3.05, 3.63) is 83.1 Å². The topological polar surface area (TPSA) is 83.9 Å². The van der Waals surface area contributed by atoms with Gasteiger partial charge in [0.15, 0.2) is 0 Å². The maximum absolute atomic E-state index is 13.2. The van der Waals surface area contributed by atoms with Crippen LogP contribution in [0.5, 0.6) is 0 Å². The molecular weight excluding hydrogens is 384 g/mol. The molecule has 1 aliphatic rings. The molecule has 1 atom stereocenters. The monoisotopic (exact) mass is 414 g/mol. The van der Waals surface area contributed by atoms with Crippen molar-refractivity contribution >= 4 is 22.6 Å². The Hall–Kier alpha value is -3.34. The van der Waals surface area contributed by atoms with Crippen LogP contribution in [0.1, 0.15) is 66.2 Å². The molecule has 0 saturated heterocycles. The fourth-order valence-electron chi connectivity index (χ4n) is 4.16. The molecule has 0 spiro atoms. The van der Waals surface area contributed by atoms with Crippen molar-refractivity contribution in [3.63, 3.8) is 0 Å². The van der Waals surface area contributed by atoms with E-state index in [0.717, 1.165) is 35.7 Å². The summed E-state index contributed by atoms with van der Waals surface area (Å²) >= 11 is 0. The molecule has 1 amide bonds. The fraction of sp³-hybridized carbons (Fsp3) is 0.308. The zero-order chi connectivity index (χ0) is 22.0. The van der Waals surface area contributed by atoms with Crippen LogP contribution in [0.2, 0.25) is 0 Å². The largest absolute Gasteiger partial charge is 0.384 e. The molecule has 160 valence electrons. The molecule has 4 rings (SSSR count). The number of carbonyl (C=O) groups excluding carboxylic acids is 1. The lowest BCUT2D eigenvalue weighted by Gasteiger charge is -2.20. The van der Waals surface area contributed by atoms with E-state index < -0.39 is 0 Å². The maximum Gasteiger partial charge on any atom is 0.268 e. The predicted octanol–water partition coefficient (Wildman–Crippen LogP) is 4.94. The Balaban J connectivity index is 1.72. The average molecular weight is 415 g/mol. The van der Waals surface area contributed by atoms with Crippen molar-refractivity contribution in [2.24, 2.45) is 5.73 Å². The second-order valence-electron chi connectivity index (χ2n) is 8.65. The van der Waals surface area contributed by atoms with E-state index in [1.807, 2.05) is 28.8 Å². The molecule has 1 heterocycles. The summed E-state index contributed by atoms with van der Waals surface area (Å²) in [4.78, 5) is 13.2. The lowest BCUT2D eigenvalue weighted by Crippen LogP contribution is -2.36. The summed E-state index contributed by atoms with van der Waals surface area (Å²) < 4.78 is 2.04.